The lowest BCUT2D eigenvalue weighted by molar-refractivity contribution is -0.123. The molecule has 2 atom stereocenters. The fraction of sp³-hybridized carbons (Fsp3) is 0.938. The van der Waals surface area contributed by atoms with Crippen molar-refractivity contribution in [3.63, 3.8) is 0 Å². The van der Waals surface area contributed by atoms with Gasteiger partial charge in [0.05, 0.1) is 6.26 Å². The van der Waals surface area contributed by atoms with E-state index in [-0.39, 0.29) is 17.6 Å². The minimum atomic E-state index is -3.19. The molecule has 1 aliphatic rings. The molecule has 6 heteroatoms. The van der Waals surface area contributed by atoms with Gasteiger partial charge in [0.2, 0.25) is 10.0 Å². The van der Waals surface area contributed by atoms with E-state index in [0.29, 0.717) is 19.5 Å². The van der Waals surface area contributed by atoms with E-state index in [1.807, 2.05) is 0 Å². The Morgan fingerprint density at radius 3 is 2.32 bits per heavy atom. The molecule has 0 saturated carbocycles. The standard InChI is InChI=1S/C16H32N2O3S/c1-5-9-14-12-18(22(4,20)21)13-15(14)16(19)10-8-11-17(6-2)7-3/h14-15H,5-13H2,1-4H3/t14-,15?/m0/s1. The van der Waals surface area contributed by atoms with E-state index < -0.39 is 10.0 Å². The molecule has 0 radical (unpaired) electrons. The maximum atomic E-state index is 12.5. The number of hydrogen-bond acceptors (Lipinski definition) is 4. The number of carbonyl (C=O) groups is 1. The monoisotopic (exact) mass is 332 g/mol. The Kier molecular flexibility index (Phi) is 8.00. The Morgan fingerprint density at radius 2 is 1.82 bits per heavy atom. The number of rotatable bonds is 10. The van der Waals surface area contributed by atoms with Gasteiger partial charge in [-0.15, -0.1) is 0 Å². The van der Waals surface area contributed by atoms with Crippen LogP contribution in [0.25, 0.3) is 0 Å². The Hall–Kier alpha value is -0.460. The number of hydrogen-bond donors (Lipinski definition) is 0. The fourth-order valence-corrected chi connectivity index (χ4v) is 4.23. The highest BCUT2D eigenvalue weighted by Gasteiger charge is 2.39. The summed E-state index contributed by atoms with van der Waals surface area (Å²) < 4.78 is 25.0. The second-order valence-electron chi connectivity index (χ2n) is 6.33. The average Bonchev–Trinajstić information content (AvgIpc) is 2.88. The summed E-state index contributed by atoms with van der Waals surface area (Å²) in [6.45, 7) is 10.2. The summed E-state index contributed by atoms with van der Waals surface area (Å²) in [4.78, 5) is 14.8. The zero-order chi connectivity index (χ0) is 16.8. The van der Waals surface area contributed by atoms with Crippen LogP contribution in [0, 0.1) is 11.8 Å². The molecule has 0 aromatic heterocycles. The number of carbonyl (C=O) groups excluding carboxylic acids is 1. The van der Waals surface area contributed by atoms with Gasteiger partial charge in [-0.3, -0.25) is 4.79 Å². The number of ketones is 1. The van der Waals surface area contributed by atoms with Gasteiger partial charge < -0.3 is 4.90 Å². The van der Waals surface area contributed by atoms with Crippen LogP contribution in [-0.4, -0.2) is 62.4 Å². The highest BCUT2D eigenvalue weighted by atomic mass is 32.2. The Morgan fingerprint density at radius 1 is 1.18 bits per heavy atom. The number of sulfonamides is 1. The summed E-state index contributed by atoms with van der Waals surface area (Å²) in [5.74, 6) is 0.337. The third-order valence-electron chi connectivity index (χ3n) is 4.74. The van der Waals surface area contributed by atoms with E-state index in [2.05, 4.69) is 25.7 Å². The largest absolute Gasteiger partial charge is 0.304 e. The maximum absolute atomic E-state index is 12.5. The number of Topliss-reactive ketones (excluding diaryl/α,β-unsaturated/α-hetero) is 1. The molecule has 5 nitrogen and oxygen atoms in total. The van der Waals surface area contributed by atoms with Gasteiger partial charge in [-0.2, -0.15) is 0 Å². The third-order valence-corrected chi connectivity index (χ3v) is 5.98. The number of nitrogens with zero attached hydrogens (tertiary/aromatic N) is 2. The minimum absolute atomic E-state index is 0.105. The molecule has 1 unspecified atom stereocenters. The van der Waals surface area contributed by atoms with E-state index in [4.69, 9.17) is 0 Å². The SMILES string of the molecule is CCC[C@H]1CN(S(C)(=O)=O)CC1C(=O)CCCN(CC)CC. The topological polar surface area (TPSA) is 57.7 Å². The Labute approximate surface area is 136 Å². The first-order chi connectivity index (χ1) is 10.3. The maximum Gasteiger partial charge on any atom is 0.211 e. The lowest BCUT2D eigenvalue weighted by Crippen LogP contribution is -2.29. The third kappa shape index (κ3) is 5.63. The molecule has 0 aromatic rings. The van der Waals surface area contributed by atoms with Crippen LogP contribution in [0.5, 0.6) is 0 Å². The van der Waals surface area contributed by atoms with Gasteiger partial charge in [-0.05, 0) is 38.4 Å². The van der Waals surface area contributed by atoms with Crippen molar-refractivity contribution in [1.82, 2.24) is 9.21 Å². The fourth-order valence-electron chi connectivity index (χ4n) is 3.33. The molecule has 0 amide bonds. The summed E-state index contributed by atoms with van der Waals surface area (Å²) in [7, 11) is -3.19. The highest BCUT2D eigenvalue weighted by Crippen LogP contribution is 2.30. The van der Waals surface area contributed by atoms with Crippen molar-refractivity contribution >= 4 is 15.8 Å². The van der Waals surface area contributed by atoms with Gasteiger partial charge in [-0.25, -0.2) is 12.7 Å². The molecule has 0 N–H and O–H groups in total. The summed E-state index contributed by atoms with van der Waals surface area (Å²) in [5, 5.41) is 0. The van der Waals surface area contributed by atoms with Crippen molar-refractivity contribution in [1.29, 1.82) is 0 Å². The van der Waals surface area contributed by atoms with Crippen LogP contribution in [0.4, 0.5) is 0 Å². The van der Waals surface area contributed by atoms with Gasteiger partial charge in [0, 0.05) is 25.4 Å². The first-order valence-electron chi connectivity index (χ1n) is 8.53. The van der Waals surface area contributed by atoms with Crippen LogP contribution in [0.3, 0.4) is 0 Å². The van der Waals surface area contributed by atoms with E-state index in [1.54, 1.807) is 0 Å². The zero-order valence-electron chi connectivity index (χ0n) is 14.5. The molecular weight excluding hydrogens is 300 g/mol. The molecule has 0 aliphatic carbocycles. The van der Waals surface area contributed by atoms with E-state index >= 15 is 0 Å². The summed E-state index contributed by atoms with van der Waals surface area (Å²) in [6, 6.07) is 0. The quantitative estimate of drug-likeness (QED) is 0.614. The van der Waals surface area contributed by atoms with E-state index in [0.717, 1.165) is 38.9 Å². The van der Waals surface area contributed by atoms with Crippen LogP contribution in [0.15, 0.2) is 0 Å². The van der Waals surface area contributed by atoms with Crippen molar-refractivity contribution < 1.29 is 13.2 Å². The second kappa shape index (κ2) is 8.99. The summed E-state index contributed by atoms with van der Waals surface area (Å²) in [6.07, 6.45) is 4.60. The predicted molar refractivity (Wildman–Crippen MR) is 90.3 cm³/mol. The lowest BCUT2D eigenvalue weighted by atomic mass is 9.87. The average molecular weight is 333 g/mol. The predicted octanol–water partition coefficient (Wildman–Crippen LogP) is 1.99. The van der Waals surface area contributed by atoms with Crippen molar-refractivity contribution in [2.24, 2.45) is 11.8 Å². The zero-order valence-corrected chi connectivity index (χ0v) is 15.4. The first-order valence-corrected chi connectivity index (χ1v) is 10.4. The molecule has 1 rings (SSSR count). The van der Waals surface area contributed by atoms with E-state index in [9.17, 15) is 13.2 Å². The van der Waals surface area contributed by atoms with E-state index in [1.165, 1.54) is 10.6 Å². The van der Waals surface area contributed by atoms with Crippen LogP contribution < -0.4 is 0 Å². The molecular formula is C16H32N2O3S. The van der Waals surface area contributed by atoms with Gasteiger partial charge in [-0.1, -0.05) is 27.2 Å². The van der Waals surface area contributed by atoms with Crippen molar-refractivity contribution in [3.8, 4) is 0 Å². The van der Waals surface area contributed by atoms with Gasteiger partial charge in [0.1, 0.15) is 5.78 Å². The van der Waals surface area contributed by atoms with Crippen molar-refractivity contribution in [3.05, 3.63) is 0 Å². The normalized spacial score (nSPS) is 23.3. The van der Waals surface area contributed by atoms with Crippen molar-refractivity contribution in [2.75, 3.05) is 39.0 Å². The Bertz CT molecular complexity index is 446. The highest BCUT2D eigenvalue weighted by molar-refractivity contribution is 7.88. The molecule has 22 heavy (non-hydrogen) atoms. The smallest absolute Gasteiger partial charge is 0.211 e. The molecule has 1 fully saturated rings. The molecule has 0 aromatic carbocycles. The van der Waals surface area contributed by atoms with Crippen LogP contribution in [0.2, 0.25) is 0 Å². The molecule has 1 saturated heterocycles. The molecule has 0 spiro atoms. The van der Waals surface area contributed by atoms with Gasteiger partial charge in [0.25, 0.3) is 0 Å². The van der Waals surface area contributed by atoms with Gasteiger partial charge in [0.15, 0.2) is 0 Å². The minimum Gasteiger partial charge on any atom is -0.304 e. The van der Waals surface area contributed by atoms with Crippen LogP contribution >= 0.6 is 0 Å². The Balaban J connectivity index is 2.57. The summed E-state index contributed by atoms with van der Waals surface area (Å²) in [5.41, 5.74) is 0. The molecule has 130 valence electrons. The molecule has 0 bridgehead atoms. The summed E-state index contributed by atoms with van der Waals surface area (Å²) >= 11 is 0. The van der Waals surface area contributed by atoms with Crippen molar-refractivity contribution in [2.45, 2.75) is 46.5 Å². The lowest BCUT2D eigenvalue weighted by Gasteiger charge is -2.19. The second-order valence-corrected chi connectivity index (χ2v) is 8.31. The molecule has 1 aliphatic heterocycles. The first kappa shape index (κ1) is 19.6. The van der Waals surface area contributed by atoms with Crippen LogP contribution in [0.1, 0.15) is 46.5 Å². The van der Waals surface area contributed by atoms with Gasteiger partial charge >= 0.3 is 0 Å². The van der Waals surface area contributed by atoms with Crippen LogP contribution in [-0.2, 0) is 14.8 Å². The molecule has 1 heterocycles.